The van der Waals surface area contributed by atoms with Crippen molar-refractivity contribution in [2.45, 2.75) is 19.8 Å². The molecule has 0 N–H and O–H groups in total. The Morgan fingerprint density at radius 2 is 2.00 bits per heavy atom. The van der Waals surface area contributed by atoms with E-state index in [9.17, 15) is 4.79 Å². The molecule has 19 heavy (non-hydrogen) atoms. The molecule has 0 saturated heterocycles. The van der Waals surface area contributed by atoms with Gasteiger partial charge in [0, 0.05) is 18.2 Å². The van der Waals surface area contributed by atoms with E-state index in [1.807, 2.05) is 49.5 Å². The van der Waals surface area contributed by atoms with Crippen molar-refractivity contribution in [1.82, 2.24) is 4.98 Å². The monoisotopic (exact) mass is 255 g/mol. The largest absolute Gasteiger partial charge is 0.469 e. The van der Waals surface area contributed by atoms with Crippen LogP contribution in [0.1, 0.15) is 17.5 Å². The molecule has 0 aliphatic heterocycles. The first-order valence-corrected chi connectivity index (χ1v) is 6.28. The number of carbonyl (C=O) groups excluding carboxylic acids is 1. The molecule has 1 aromatic carbocycles. The number of aromatic nitrogens is 1. The van der Waals surface area contributed by atoms with E-state index in [1.54, 1.807) is 0 Å². The Balaban J connectivity index is 2.25. The molecule has 0 unspecified atom stereocenters. The average molecular weight is 255 g/mol. The summed E-state index contributed by atoms with van der Waals surface area (Å²) in [5, 5.41) is 0. The molecule has 1 heterocycles. The Morgan fingerprint density at radius 3 is 2.68 bits per heavy atom. The van der Waals surface area contributed by atoms with Crippen molar-refractivity contribution in [3.63, 3.8) is 0 Å². The molecule has 1 aromatic heterocycles. The van der Waals surface area contributed by atoms with Crippen molar-refractivity contribution in [1.29, 1.82) is 0 Å². The molecule has 0 radical (unpaired) electrons. The molecule has 0 atom stereocenters. The Kier molecular flexibility index (Phi) is 4.29. The van der Waals surface area contributed by atoms with E-state index in [2.05, 4.69) is 9.72 Å². The van der Waals surface area contributed by atoms with Crippen molar-refractivity contribution in [2.24, 2.45) is 0 Å². The molecule has 0 amide bonds. The summed E-state index contributed by atoms with van der Waals surface area (Å²) >= 11 is 0. The maximum Gasteiger partial charge on any atom is 0.305 e. The molecular weight excluding hydrogens is 238 g/mol. The van der Waals surface area contributed by atoms with Gasteiger partial charge in [0.2, 0.25) is 0 Å². The highest BCUT2D eigenvalue weighted by Crippen LogP contribution is 2.23. The predicted molar refractivity (Wildman–Crippen MR) is 74.7 cm³/mol. The van der Waals surface area contributed by atoms with Gasteiger partial charge in [0.15, 0.2) is 0 Å². The van der Waals surface area contributed by atoms with Gasteiger partial charge in [0.25, 0.3) is 0 Å². The zero-order chi connectivity index (χ0) is 13.7. The number of rotatable bonds is 4. The third-order valence-electron chi connectivity index (χ3n) is 3.03. The van der Waals surface area contributed by atoms with Gasteiger partial charge in [-0.25, -0.2) is 0 Å². The summed E-state index contributed by atoms with van der Waals surface area (Å²) in [5.74, 6) is -0.188. The second-order valence-corrected chi connectivity index (χ2v) is 4.45. The van der Waals surface area contributed by atoms with E-state index in [0.717, 1.165) is 22.4 Å². The molecule has 3 nitrogen and oxygen atoms in total. The van der Waals surface area contributed by atoms with Crippen LogP contribution in [0.15, 0.2) is 42.6 Å². The van der Waals surface area contributed by atoms with E-state index < -0.39 is 0 Å². The van der Waals surface area contributed by atoms with E-state index >= 15 is 0 Å². The van der Waals surface area contributed by atoms with Gasteiger partial charge in [-0.3, -0.25) is 9.78 Å². The van der Waals surface area contributed by atoms with Gasteiger partial charge in [-0.15, -0.1) is 0 Å². The van der Waals surface area contributed by atoms with Crippen molar-refractivity contribution in [3.05, 3.63) is 53.7 Å². The Morgan fingerprint density at radius 1 is 1.21 bits per heavy atom. The van der Waals surface area contributed by atoms with Crippen LogP contribution < -0.4 is 0 Å². The highest BCUT2D eigenvalue weighted by atomic mass is 16.5. The van der Waals surface area contributed by atoms with E-state index in [1.165, 1.54) is 7.11 Å². The standard InChI is InChI=1S/C16H17NO2/c1-12-7-9-15(17-11-12)14-6-4-3-5-13(14)8-10-16(18)19-2/h3-7,9,11H,8,10H2,1-2H3. The first-order chi connectivity index (χ1) is 9.20. The number of esters is 1. The fourth-order valence-corrected chi connectivity index (χ4v) is 1.95. The van der Waals surface area contributed by atoms with Crippen LogP contribution in [-0.4, -0.2) is 18.1 Å². The van der Waals surface area contributed by atoms with E-state index in [4.69, 9.17) is 0 Å². The first-order valence-electron chi connectivity index (χ1n) is 6.28. The molecule has 0 bridgehead atoms. The Hall–Kier alpha value is -2.16. The molecule has 3 heteroatoms. The second kappa shape index (κ2) is 6.14. The molecule has 2 aromatic rings. The van der Waals surface area contributed by atoms with Crippen LogP contribution >= 0.6 is 0 Å². The van der Waals surface area contributed by atoms with Crippen LogP contribution in [-0.2, 0) is 16.0 Å². The Bertz CT molecular complexity index is 561. The van der Waals surface area contributed by atoms with Crippen molar-refractivity contribution < 1.29 is 9.53 Å². The molecule has 2 rings (SSSR count). The van der Waals surface area contributed by atoms with E-state index in [0.29, 0.717) is 12.8 Å². The van der Waals surface area contributed by atoms with Gasteiger partial charge in [-0.2, -0.15) is 0 Å². The molecule has 0 aliphatic carbocycles. The maximum absolute atomic E-state index is 11.2. The molecular formula is C16H17NO2. The highest BCUT2D eigenvalue weighted by molar-refractivity contribution is 5.71. The SMILES string of the molecule is COC(=O)CCc1ccccc1-c1ccc(C)cn1. The number of aryl methyl sites for hydroxylation is 2. The molecule has 0 saturated carbocycles. The zero-order valence-corrected chi connectivity index (χ0v) is 11.2. The molecule has 0 fully saturated rings. The van der Waals surface area contributed by atoms with Gasteiger partial charge in [-0.1, -0.05) is 30.3 Å². The van der Waals surface area contributed by atoms with Crippen LogP contribution in [0.2, 0.25) is 0 Å². The van der Waals surface area contributed by atoms with Crippen LogP contribution in [0.4, 0.5) is 0 Å². The summed E-state index contributed by atoms with van der Waals surface area (Å²) in [6.45, 7) is 2.01. The minimum atomic E-state index is -0.188. The minimum Gasteiger partial charge on any atom is -0.469 e. The number of carbonyl (C=O) groups is 1. The number of nitrogens with zero attached hydrogens (tertiary/aromatic N) is 1. The normalized spacial score (nSPS) is 10.2. The third kappa shape index (κ3) is 3.41. The summed E-state index contributed by atoms with van der Waals surface area (Å²) in [4.78, 5) is 15.7. The summed E-state index contributed by atoms with van der Waals surface area (Å²) < 4.78 is 4.68. The maximum atomic E-state index is 11.2. The van der Waals surface area contributed by atoms with Gasteiger partial charge in [0.1, 0.15) is 0 Å². The zero-order valence-electron chi connectivity index (χ0n) is 11.2. The number of benzene rings is 1. The summed E-state index contributed by atoms with van der Waals surface area (Å²) in [5.41, 5.74) is 4.26. The first kappa shape index (κ1) is 13.3. The number of ether oxygens (including phenoxy) is 1. The van der Waals surface area contributed by atoms with Gasteiger partial charge in [0.05, 0.1) is 12.8 Å². The van der Waals surface area contributed by atoms with E-state index in [-0.39, 0.29) is 5.97 Å². The fraction of sp³-hybridized carbons (Fsp3) is 0.250. The van der Waals surface area contributed by atoms with Crippen LogP contribution in [0.5, 0.6) is 0 Å². The van der Waals surface area contributed by atoms with Gasteiger partial charge < -0.3 is 4.74 Å². The second-order valence-electron chi connectivity index (χ2n) is 4.45. The van der Waals surface area contributed by atoms with Crippen LogP contribution in [0.25, 0.3) is 11.3 Å². The molecule has 0 spiro atoms. The highest BCUT2D eigenvalue weighted by Gasteiger charge is 2.08. The number of pyridine rings is 1. The van der Waals surface area contributed by atoms with Crippen molar-refractivity contribution in [2.75, 3.05) is 7.11 Å². The van der Waals surface area contributed by atoms with Crippen molar-refractivity contribution >= 4 is 5.97 Å². The molecule has 0 aliphatic rings. The molecule has 98 valence electrons. The Labute approximate surface area is 113 Å². The topological polar surface area (TPSA) is 39.2 Å². The minimum absolute atomic E-state index is 0.188. The smallest absolute Gasteiger partial charge is 0.305 e. The van der Waals surface area contributed by atoms with Gasteiger partial charge >= 0.3 is 5.97 Å². The lowest BCUT2D eigenvalue weighted by molar-refractivity contribution is -0.140. The number of methoxy groups -OCH3 is 1. The van der Waals surface area contributed by atoms with Crippen LogP contribution in [0, 0.1) is 6.92 Å². The van der Waals surface area contributed by atoms with Crippen LogP contribution in [0.3, 0.4) is 0 Å². The average Bonchev–Trinajstić information content (AvgIpc) is 2.46. The number of hydrogen-bond acceptors (Lipinski definition) is 3. The lowest BCUT2D eigenvalue weighted by atomic mass is 10.00. The number of hydrogen-bond donors (Lipinski definition) is 0. The summed E-state index contributed by atoms with van der Waals surface area (Å²) in [6, 6.07) is 12.1. The van der Waals surface area contributed by atoms with Crippen molar-refractivity contribution in [3.8, 4) is 11.3 Å². The summed E-state index contributed by atoms with van der Waals surface area (Å²) in [7, 11) is 1.41. The lowest BCUT2D eigenvalue weighted by Gasteiger charge is -2.08. The third-order valence-corrected chi connectivity index (χ3v) is 3.03. The summed E-state index contributed by atoms with van der Waals surface area (Å²) in [6.07, 6.45) is 2.91. The quantitative estimate of drug-likeness (QED) is 0.788. The lowest BCUT2D eigenvalue weighted by Crippen LogP contribution is -2.03. The predicted octanol–water partition coefficient (Wildman–Crippen LogP) is 3.16. The fourth-order valence-electron chi connectivity index (χ4n) is 1.95. The van der Waals surface area contributed by atoms with Gasteiger partial charge in [-0.05, 0) is 30.5 Å².